The van der Waals surface area contributed by atoms with Crippen LogP contribution in [0, 0.1) is 0 Å². The quantitative estimate of drug-likeness (QED) is 0.813. The number of sulfonamides is 1. The van der Waals surface area contributed by atoms with Crippen molar-refractivity contribution in [3.63, 3.8) is 0 Å². The molecule has 0 radical (unpaired) electrons. The molecule has 0 aliphatic heterocycles. The van der Waals surface area contributed by atoms with Gasteiger partial charge in [0.25, 0.3) is 0 Å². The molecule has 0 aromatic heterocycles. The fourth-order valence-corrected chi connectivity index (χ4v) is 2.74. The molecule has 1 unspecified atom stereocenters. The second kappa shape index (κ2) is 6.14. The number of hydrogen-bond acceptors (Lipinski definition) is 3. The second-order valence-corrected chi connectivity index (χ2v) is 5.62. The summed E-state index contributed by atoms with van der Waals surface area (Å²) in [6.45, 7) is 7.06. The molecule has 0 bridgehead atoms. The van der Waals surface area contributed by atoms with Crippen LogP contribution < -0.4 is 10.0 Å². The molecule has 4 nitrogen and oxygen atoms in total. The molecule has 2 N–H and O–H groups in total. The predicted octanol–water partition coefficient (Wildman–Crippen LogP) is 1.66. The SMILES string of the molecule is CCNC(C)c1cccc(S(=O)(=O)NCC)c1. The molecule has 0 amide bonds. The van der Waals surface area contributed by atoms with E-state index in [4.69, 9.17) is 0 Å². The highest BCUT2D eigenvalue weighted by molar-refractivity contribution is 7.89. The van der Waals surface area contributed by atoms with Gasteiger partial charge in [-0.15, -0.1) is 0 Å². The van der Waals surface area contributed by atoms with Gasteiger partial charge in [0.05, 0.1) is 4.90 Å². The summed E-state index contributed by atoms with van der Waals surface area (Å²) in [5.41, 5.74) is 0.978. The van der Waals surface area contributed by atoms with Crippen LogP contribution in [0.15, 0.2) is 29.2 Å². The minimum Gasteiger partial charge on any atom is -0.310 e. The van der Waals surface area contributed by atoms with Crippen molar-refractivity contribution in [2.45, 2.75) is 31.7 Å². The Bertz CT molecular complexity index is 457. The molecule has 0 saturated heterocycles. The van der Waals surface area contributed by atoms with Crippen molar-refractivity contribution in [3.8, 4) is 0 Å². The van der Waals surface area contributed by atoms with E-state index in [0.717, 1.165) is 12.1 Å². The molecule has 1 aromatic carbocycles. The molecule has 0 heterocycles. The normalized spacial score (nSPS) is 13.6. The van der Waals surface area contributed by atoms with Gasteiger partial charge in [-0.2, -0.15) is 0 Å². The van der Waals surface area contributed by atoms with Gasteiger partial charge >= 0.3 is 0 Å². The van der Waals surface area contributed by atoms with Crippen molar-refractivity contribution in [1.82, 2.24) is 10.0 Å². The average Bonchev–Trinajstić information content (AvgIpc) is 2.29. The Morgan fingerprint density at radius 1 is 1.24 bits per heavy atom. The van der Waals surface area contributed by atoms with Crippen molar-refractivity contribution in [1.29, 1.82) is 0 Å². The van der Waals surface area contributed by atoms with Crippen LogP contribution in [0.4, 0.5) is 0 Å². The first-order valence-electron chi connectivity index (χ1n) is 5.84. The Morgan fingerprint density at radius 2 is 1.94 bits per heavy atom. The molecule has 17 heavy (non-hydrogen) atoms. The summed E-state index contributed by atoms with van der Waals surface area (Å²) in [7, 11) is -3.36. The molecule has 0 spiro atoms. The van der Waals surface area contributed by atoms with Gasteiger partial charge in [-0.1, -0.05) is 26.0 Å². The molecule has 0 saturated carbocycles. The van der Waals surface area contributed by atoms with Gasteiger partial charge in [0.15, 0.2) is 0 Å². The van der Waals surface area contributed by atoms with Crippen molar-refractivity contribution < 1.29 is 8.42 Å². The standard InChI is InChI=1S/C12H20N2O2S/c1-4-13-10(3)11-7-6-8-12(9-11)17(15,16)14-5-2/h6-10,13-14H,4-5H2,1-3H3. The first kappa shape index (κ1) is 14.2. The van der Waals surface area contributed by atoms with E-state index in [1.165, 1.54) is 0 Å². The molecule has 1 rings (SSSR count). The van der Waals surface area contributed by atoms with E-state index in [1.54, 1.807) is 25.1 Å². The van der Waals surface area contributed by atoms with E-state index < -0.39 is 10.0 Å². The summed E-state index contributed by atoms with van der Waals surface area (Å²) >= 11 is 0. The van der Waals surface area contributed by atoms with Gasteiger partial charge < -0.3 is 5.32 Å². The highest BCUT2D eigenvalue weighted by Crippen LogP contribution is 2.17. The molecule has 0 aliphatic carbocycles. The largest absolute Gasteiger partial charge is 0.310 e. The Hall–Kier alpha value is -0.910. The Labute approximate surface area is 103 Å². The summed E-state index contributed by atoms with van der Waals surface area (Å²) in [5, 5.41) is 3.26. The molecule has 0 fully saturated rings. The maximum Gasteiger partial charge on any atom is 0.240 e. The minimum absolute atomic E-state index is 0.150. The Balaban J connectivity index is 3.01. The lowest BCUT2D eigenvalue weighted by molar-refractivity contribution is 0.581. The number of benzene rings is 1. The molecular formula is C12H20N2O2S. The van der Waals surface area contributed by atoms with Crippen LogP contribution in [0.25, 0.3) is 0 Å². The molecule has 5 heteroatoms. The van der Waals surface area contributed by atoms with E-state index >= 15 is 0 Å². The highest BCUT2D eigenvalue weighted by Gasteiger charge is 2.14. The number of rotatable bonds is 6. The first-order chi connectivity index (χ1) is 8.01. The molecule has 1 aromatic rings. The highest BCUT2D eigenvalue weighted by atomic mass is 32.2. The van der Waals surface area contributed by atoms with Crippen LogP contribution in [0.5, 0.6) is 0 Å². The summed E-state index contributed by atoms with van der Waals surface area (Å²) in [6, 6.07) is 7.17. The minimum atomic E-state index is -3.36. The van der Waals surface area contributed by atoms with Crippen LogP contribution in [-0.2, 0) is 10.0 Å². The van der Waals surface area contributed by atoms with Crippen LogP contribution in [0.1, 0.15) is 32.4 Å². The van der Waals surface area contributed by atoms with Crippen molar-refractivity contribution in [3.05, 3.63) is 29.8 Å². The van der Waals surface area contributed by atoms with Crippen LogP contribution in [0.3, 0.4) is 0 Å². The summed E-state index contributed by atoms with van der Waals surface area (Å²) in [6.07, 6.45) is 0. The van der Waals surface area contributed by atoms with Gasteiger partial charge in [0.2, 0.25) is 10.0 Å². The smallest absolute Gasteiger partial charge is 0.240 e. The molecule has 0 aliphatic rings. The lowest BCUT2D eigenvalue weighted by Crippen LogP contribution is -2.24. The van der Waals surface area contributed by atoms with Gasteiger partial charge in [-0.25, -0.2) is 13.1 Å². The van der Waals surface area contributed by atoms with Crippen molar-refractivity contribution in [2.24, 2.45) is 0 Å². The predicted molar refractivity (Wildman–Crippen MR) is 69.4 cm³/mol. The van der Waals surface area contributed by atoms with Gasteiger partial charge in [-0.05, 0) is 31.2 Å². The maximum absolute atomic E-state index is 11.8. The second-order valence-electron chi connectivity index (χ2n) is 3.85. The van der Waals surface area contributed by atoms with E-state index in [-0.39, 0.29) is 6.04 Å². The van der Waals surface area contributed by atoms with E-state index in [1.807, 2.05) is 19.9 Å². The van der Waals surface area contributed by atoms with E-state index in [2.05, 4.69) is 10.0 Å². The lowest BCUT2D eigenvalue weighted by atomic mass is 10.1. The third-order valence-corrected chi connectivity index (χ3v) is 4.06. The van der Waals surface area contributed by atoms with E-state index in [9.17, 15) is 8.42 Å². The fraction of sp³-hybridized carbons (Fsp3) is 0.500. The monoisotopic (exact) mass is 256 g/mol. The first-order valence-corrected chi connectivity index (χ1v) is 7.32. The van der Waals surface area contributed by atoms with Gasteiger partial charge in [0.1, 0.15) is 0 Å². The maximum atomic E-state index is 11.8. The van der Waals surface area contributed by atoms with Gasteiger partial charge in [0, 0.05) is 12.6 Å². The molecular weight excluding hydrogens is 236 g/mol. The Morgan fingerprint density at radius 3 is 2.53 bits per heavy atom. The third kappa shape index (κ3) is 3.80. The van der Waals surface area contributed by atoms with Crippen molar-refractivity contribution in [2.75, 3.05) is 13.1 Å². The lowest BCUT2D eigenvalue weighted by Gasteiger charge is -2.14. The number of hydrogen-bond donors (Lipinski definition) is 2. The van der Waals surface area contributed by atoms with Crippen LogP contribution in [-0.4, -0.2) is 21.5 Å². The average molecular weight is 256 g/mol. The zero-order valence-electron chi connectivity index (χ0n) is 10.5. The molecule has 1 atom stereocenters. The summed E-state index contributed by atoms with van der Waals surface area (Å²) in [5.74, 6) is 0. The summed E-state index contributed by atoms with van der Waals surface area (Å²) in [4.78, 5) is 0.321. The zero-order chi connectivity index (χ0) is 12.9. The number of nitrogens with one attached hydrogen (secondary N) is 2. The Kier molecular flexibility index (Phi) is 5.11. The third-order valence-electron chi connectivity index (χ3n) is 2.51. The van der Waals surface area contributed by atoms with E-state index in [0.29, 0.717) is 11.4 Å². The molecule has 96 valence electrons. The van der Waals surface area contributed by atoms with Crippen molar-refractivity contribution >= 4 is 10.0 Å². The van der Waals surface area contributed by atoms with Crippen LogP contribution >= 0.6 is 0 Å². The topological polar surface area (TPSA) is 58.2 Å². The summed E-state index contributed by atoms with van der Waals surface area (Å²) < 4.78 is 26.2. The fourth-order valence-electron chi connectivity index (χ4n) is 1.65. The van der Waals surface area contributed by atoms with Crippen LogP contribution in [0.2, 0.25) is 0 Å². The van der Waals surface area contributed by atoms with Gasteiger partial charge in [-0.3, -0.25) is 0 Å². The zero-order valence-corrected chi connectivity index (χ0v) is 11.3.